The lowest BCUT2D eigenvalue weighted by Gasteiger charge is -2.14. The molecule has 0 heterocycles. The summed E-state index contributed by atoms with van der Waals surface area (Å²) in [5, 5.41) is 19.7. The summed E-state index contributed by atoms with van der Waals surface area (Å²) in [5.41, 5.74) is 0. The Hall–Kier alpha value is -1.39. The van der Waals surface area contributed by atoms with E-state index < -0.39 is 23.6 Å². The fourth-order valence-electron chi connectivity index (χ4n) is 0.428. The monoisotopic (exact) mass is 144 g/mol. The van der Waals surface area contributed by atoms with E-state index in [2.05, 4.69) is 0 Å². The quantitative estimate of drug-likeness (QED) is 0.386. The summed E-state index contributed by atoms with van der Waals surface area (Å²) >= 11 is 0. The number of Topliss-reactive ketones (excluding diaryl/α,β-unsaturated/α-hetero) is 1. The third kappa shape index (κ3) is 1.85. The van der Waals surface area contributed by atoms with Crippen molar-refractivity contribution in [2.24, 2.45) is 5.92 Å². The minimum Gasteiger partial charge on any atom is -0.549 e. The van der Waals surface area contributed by atoms with Gasteiger partial charge in [0.2, 0.25) is 0 Å². The van der Waals surface area contributed by atoms with E-state index in [-0.39, 0.29) is 0 Å². The van der Waals surface area contributed by atoms with Gasteiger partial charge in [-0.3, -0.25) is 4.79 Å². The maximum absolute atomic E-state index is 10.2. The molecule has 0 aromatic heterocycles. The molecule has 0 aliphatic rings. The van der Waals surface area contributed by atoms with Crippen LogP contribution in [0.2, 0.25) is 0 Å². The molecule has 0 aromatic carbocycles. The van der Waals surface area contributed by atoms with Gasteiger partial charge in [-0.25, -0.2) is 0 Å². The van der Waals surface area contributed by atoms with Crippen LogP contribution >= 0.6 is 0 Å². The Labute approximate surface area is 56.3 Å². The van der Waals surface area contributed by atoms with Crippen molar-refractivity contribution < 1.29 is 24.6 Å². The topological polar surface area (TPSA) is 97.3 Å². The molecule has 0 rings (SSSR count). The van der Waals surface area contributed by atoms with Gasteiger partial charge in [-0.15, -0.1) is 0 Å². The fourth-order valence-corrected chi connectivity index (χ4v) is 0.428. The second-order valence-corrected chi connectivity index (χ2v) is 1.68. The van der Waals surface area contributed by atoms with E-state index in [9.17, 15) is 24.6 Å². The lowest BCUT2D eigenvalue weighted by molar-refractivity contribution is -0.328. The summed E-state index contributed by atoms with van der Waals surface area (Å²) in [4.78, 5) is 29.8. The molecule has 0 bridgehead atoms. The highest BCUT2D eigenvalue weighted by Crippen LogP contribution is 1.93. The molecule has 0 atom stereocenters. The first kappa shape index (κ1) is 8.61. The highest BCUT2D eigenvalue weighted by atomic mass is 16.4. The Morgan fingerprint density at radius 2 is 1.40 bits per heavy atom. The van der Waals surface area contributed by atoms with Gasteiger partial charge in [0.15, 0.2) is 0 Å². The van der Waals surface area contributed by atoms with Crippen LogP contribution < -0.4 is 10.2 Å². The molecular weight excluding hydrogens is 140 g/mol. The average Bonchev–Trinajstić information content (AvgIpc) is 1.59. The predicted molar refractivity (Wildman–Crippen MR) is 24.2 cm³/mol. The highest BCUT2D eigenvalue weighted by Gasteiger charge is 2.15. The third-order valence-corrected chi connectivity index (χ3v) is 0.878. The highest BCUT2D eigenvalue weighted by molar-refractivity contribution is 6.11. The molecule has 5 nitrogen and oxygen atoms in total. The lowest BCUT2D eigenvalue weighted by Crippen LogP contribution is -2.46. The molecular formula is C5H4O5-2. The summed E-state index contributed by atoms with van der Waals surface area (Å²) in [6.45, 7) is 0.844. The van der Waals surface area contributed by atoms with Crippen LogP contribution in [-0.4, -0.2) is 17.7 Å². The van der Waals surface area contributed by atoms with Crippen LogP contribution in [0.4, 0.5) is 0 Å². The van der Waals surface area contributed by atoms with E-state index in [1.807, 2.05) is 0 Å². The number of carboxylic acid groups (broad SMARTS) is 2. The SMILES string of the molecule is CC(=O)C(C(=O)[O-])C(=O)[O-]. The van der Waals surface area contributed by atoms with Crippen molar-refractivity contribution in [2.75, 3.05) is 0 Å². The molecule has 0 amide bonds. The summed E-state index contributed by atoms with van der Waals surface area (Å²) in [6, 6.07) is 0. The van der Waals surface area contributed by atoms with Crippen molar-refractivity contribution in [1.29, 1.82) is 0 Å². The van der Waals surface area contributed by atoms with Crippen LogP contribution in [0.5, 0.6) is 0 Å². The second kappa shape index (κ2) is 2.95. The van der Waals surface area contributed by atoms with E-state index in [4.69, 9.17) is 0 Å². The van der Waals surface area contributed by atoms with E-state index in [1.54, 1.807) is 0 Å². The lowest BCUT2D eigenvalue weighted by atomic mass is 10.1. The molecule has 0 saturated carbocycles. The van der Waals surface area contributed by atoms with Crippen LogP contribution in [0, 0.1) is 5.92 Å². The molecule has 0 saturated heterocycles. The summed E-state index contributed by atoms with van der Waals surface area (Å²) in [5.74, 6) is -7.01. The molecule has 0 aliphatic carbocycles. The van der Waals surface area contributed by atoms with Crippen LogP contribution in [0.15, 0.2) is 0 Å². The Morgan fingerprint density at radius 3 is 1.40 bits per heavy atom. The van der Waals surface area contributed by atoms with Crippen molar-refractivity contribution in [3.63, 3.8) is 0 Å². The molecule has 0 fully saturated rings. The van der Waals surface area contributed by atoms with Gasteiger partial charge in [-0.05, 0) is 6.92 Å². The number of carbonyl (C=O) groups is 3. The van der Waals surface area contributed by atoms with Gasteiger partial charge >= 0.3 is 0 Å². The molecule has 0 radical (unpaired) electrons. The third-order valence-electron chi connectivity index (χ3n) is 0.878. The first-order valence-electron chi connectivity index (χ1n) is 2.39. The zero-order valence-electron chi connectivity index (χ0n) is 5.12. The van der Waals surface area contributed by atoms with Gasteiger partial charge in [-0.2, -0.15) is 0 Å². The standard InChI is InChI=1S/C5H6O5/c1-2(6)3(4(7)8)5(9)10/h3H,1H3,(H,7,8)(H,9,10)/p-2. The molecule has 0 N–H and O–H groups in total. The number of hydrogen-bond acceptors (Lipinski definition) is 5. The molecule has 10 heavy (non-hydrogen) atoms. The summed E-state index contributed by atoms with van der Waals surface area (Å²) in [6.07, 6.45) is 0. The Bertz CT molecular complexity index is 149. The van der Waals surface area contributed by atoms with Gasteiger partial charge in [-0.1, -0.05) is 0 Å². The minimum atomic E-state index is -2.14. The second-order valence-electron chi connectivity index (χ2n) is 1.68. The molecule has 0 aliphatic heterocycles. The van der Waals surface area contributed by atoms with Crippen molar-refractivity contribution in [1.82, 2.24) is 0 Å². The van der Waals surface area contributed by atoms with Crippen molar-refractivity contribution in [3.8, 4) is 0 Å². The fraction of sp³-hybridized carbons (Fsp3) is 0.400. The minimum absolute atomic E-state index is 0.844. The van der Waals surface area contributed by atoms with Gasteiger partial charge in [0.25, 0.3) is 0 Å². The molecule has 0 unspecified atom stereocenters. The maximum atomic E-state index is 10.2. The van der Waals surface area contributed by atoms with E-state index >= 15 is 0 Å². The van der Waals surface area contributed by atoms with Crippen LogP contribution in [0.25, 0.3) is 0 Å². The van der Waals surface area contributed by atoms with E-state index in [0.29, 0.717) is 0 Å². The Morgan fingerprint density at radius 1 is 1.10 bits per heavy atom. The number of ketones is 1. The maximum Gasteiger partial charge on any atom is 0.144 e. The van der Waals surface area contributed by atoms with Crippen molar-refractivity contribution in [3.05, 3.63) is 0 Å². The van der Waals surface area contributed by atoms with Crippen LogP contribution in [-0.2, 0) is 14.4 Å². The smallest absolute Gasteiger partial charge is 0.144 e. The number of carboxylic acids is 2. The van der Waals surface area contributed by atoms with Crippen LogP contribution in [0.1, 0.15) is 6.92 Å². The average molecular weight is 144 g/mol. The van der Waals surface area contributed by atoms with E-state index in [0.717, 1.165) is 6.92 Å². The van der Waals surface area contributed by atoms with Gasteiger partial charge in [0.1, 0.15) is 5.78 Å². The largest absolute Gasteiger partial charge is 0.549 e. The normalized spacial score (nSPS) is 9.40. The van der Waals surface area contributed by atoms with E-state index in [1.165, 1.54) is 0 Å². The predicted octanol–water partition coefficient (Wildman–Crippen LogP) is -3.31. The number of hydrogen-bond donors (Lipinski definition) is 0. The van der Waals surface area contributed by atoms with Gasteiger partial charge < -0.3 is 19.8 Å². The molecule has 0 aromatic rings. The van der Waals surface area contributed by atoms with Gasteiger partial charge in [0.05, 0.1) is 17.9 Å². The van der Waals surface area contributed by atoms with Crippen molar-refractivity contribution in [2.45, 2.75) is 6.92 Å². The number of rotatable bonds is 3. The number of aliphatic carboxylic acids is 2. The number of carbonyl (C=O) groups excluding carboxylic acids is 3. The first-order chi connectivity index (χ1) is 4.46. The summed E-state index contributed by atoms with van der Waals surface area (Å²) in [7, 11) is 0. The molecule has 0 spiro atoms. The van der Waals surface area contributed by atoms with Crippen LogP contribution in [0.3, 0.4) is 0 Å². The first-order valence-corrected chi connectivity index (χ1v) is 2.39. The Balaban J connectivity index is 4.43. The Kier molecular flexibility index (Phi) is 2.54. The van der Waals surface area contributed by atoms with Gasteiger partial charge in [0, 0.05) is 0 Å². The zero-order valence-corrected chi connectivity index (χ0v) is 5.12. The summed E-state index contributed by atoms with van der Waals surface area (Å²) < 4.78 is 0. The molecule has 5 heteroatoms. The molecule has 56 valence electrons. The van der Waals surface area contributed by atoms with Crippen molar-refractivity contribution >= 4 is 17.7 Å². The zero-order chi connectivity index (χ0) is 8.31.